The van der Waals surface area contributed by atoms with E-state index in [1.54, 1.807) is 12.1 Å². The van der Waals surface area contributed by atoms with E-state index in [-0.39, 0.29) is 5.91 Å². The van der Waals surface area contributed by atoms with Crippen LogP contribution in [0.25, 0.3) is 11.1 Å². The van der Waals surface area contributed by atoms with E-state index < -0.39 is 24.1 Å². The first-order valence-corrected chi connectivity index (χ1v) is 13.2. The van der Waals surface area contributed by atoms with Gasteiger partial charge in [0.05, 0.1) is 24.9 Å². The Labute approximate surface area is 207 Å². The number of rotatable bonds is 12. The van der Waals surface area contributed by atoms with Crippen molar-refractivity contribution < 1.29 is 24.5 Å². The fourth-order valence-electron chi connectivity index (χ4n) is 4.18. The highest BCUT2D eigenvalue weighted by atomic mass is 32.2. The molecule has 1 aliphatic rings. The number of hydrogen-bond acceptors (Lipinski definition) is 6. The summed E-state index contributed by atoms with van der Waals surface area (Å²) in [5.74, 6) is 1.00. The minimum atomic E-state index is -0.913. The van der Waals surface area contributed by atoms with E-state index in [2.05, 4.69) is 12.2 Å². The van der Waals surface area contributed by atoms with E-state index in [0.29, 0.717) is 38.0 Å². The lowest BCUT2D eigenvalue weighted by Crippen LogP contribution is -2.50. The summed E-state index contributed by atoms with van der Waals surface area (Å²) in [4.78, 5) is 12.5. The molecule has 1 saturated heterocycles. The lowest BCUT2D eigenvalue weighted by atomic mass is 9.95. The van der Waals surface area contributed by atoms with Crippen LogP contribution in [0.5, 0.6) is 0 Å². The molecule has 1 heterocycles. The zero-order chi connectivity index (χ0) is 24.4. The maximum absolute atomic E-state index is 12.5. The second-order valence-corrected chi connectivity index (χ2v) is 10.2. The summed E-state index contributed by atoms with van der Waals surface area (Å²) in [6.45, 7) is 4.81. The Morgan fingerprint density at radius 1 is 1.21 bits per heavy atom. The minimum absolute atomic E-state index is 0.186. The molecule has 3 rings (SSSR count). The van der Waals surface area contributed by atoms with Gasteiger partial charge in [-0.2, -0.15) is 11.8 Å². The molecule has 3 N–H and O–H groups in total. The van der Waals surface area contributed by atoms with Gasteiger partial charge in [-0.1, -0.05) is 49.4 Å². The first-order chi connectivity index (χ1) is 16.4. The summed E-state index contributed by atoms with van der Waals surface area (Å²) >= 11 is 1.86. The van der Waals surface area contributed by atoms with Gasteiger partial charge in [0, 0.05) is 24.9 Å². The Bertz CT molecular complexity index is 878. The van der Waals surface area contributed by atoms with Crippen molar-refractivity contribution in [2.75, 3.05) is 24.7 Å². The van der Waals surface area contributed by atoms with Gasteiger partial charge < -0.3 is 25.0 Å². The Kier molecular flexibility index (Phi) is 10.4. The Hall–Kier alpha value is -1.90. The topological polar surface area (TPSA) is 88.0 Å². The minimum Gasteiger partial charge on any atom is -0.393 e. The molecule has 3 unspecified atom stereocenters. The predicted molar refractivity (Wildman–Crippen MR) is 137 cm³/mol. The van der Waals surface area contributed by atoms with Gasteiger partial charge in [0.25, 0.3) is 5.91 Å². The van der Waals surface area contributed by atoms with E-state index in [9.17, 15) is 15.0 Å². The predicted octanol–water partition coefficient (Wildman–Crippen LogP) is 4.25. The maximum Gasteiger partial charge on any atom is 0.251 e. The van der Waals surface area contributed by atoms with Crippen molar-refractivity contribution in [3.05, 3.63) is 60.2 Å². The van der Waals surface area contributed by atoms with Crippen molar-refractivity contribution in [1.29, 1.82) is 0 Å². The van der Waals surface area contributed by atoms with Crippen molar-refractivity contribution in [3.8, 4) is 11.1 Å². The molecule has 34 heavy (non-hydrogen) atoms. The number of nitrogens with one attached hydrogen (secondary N) is 1. The summed E-state index contributed by atoms with van der Waals surface area (Å²) in [5.41, 5.74) is 2.72. The summed E-state index contributed by atoms with van der Waals surface area (Å²) < 4.78 is 12.0. The zero-order valence-electron chi connectivity index (χ0n) is 20.1. The van der Waals surface area contributed by atoms with Gasteiger partial charge in [-0.15, -0.1) is 0 Å². The van der Waals surface area contributed by atoms with Crippen LogP contribution in [0.3, 0.4) is 0 Å². The molecule has 4 atom stereocenters. The van der Waals surface area contributed by atoms with Gasteiger partial charge in [0.2, 0.25) is 0 Å². The van der Waals surface area contributed by atoms with Gasteiger partial charge in [0.1, 0.15) is 0 Å². The lowest BCUT2D eigenvalue weighted by Gasteiger charge is -2.42. The molecule has 0 aromatic heterocycles. The molecule has 1 aliphatic heterocycles. The molecule has 0 aliphatic carbocycles. The summed E-state index contributed by atoms with van der Waals surface area (Å²) in [5, 5.41) is 23.9. The van der Waals surface area contributed by atoms with Gasteiger partial charge in [-0.05, 0) is 54.5 Å². The monoisotopic (exact) mass is 487 g/mol. The SMILES string of the molecule is CCSCCCO[C@]1(C)CC(O)CC(C(O)CCNC(=O)c2ccc(-c3ccccc3)cc2)O1. The van der Waals surface area contributed by atoms with E-state index in [4.69, 9.17) is 9.47 Å². The van der Waals surface area contributed by atoms with Crippen molar-refractivity contribution in [1.82, 2.24) is 5.32 Å². The number of amides is 1. The molecule has 186 valence electrons. The van der Waals surface area contributed by atoms with Crippen LogP contribution in [-0.2, 0) is 9.47 Å². The Morgan fingerprint density at radius 3 is 2.62 bits per heavy atom. The third-order valence-corrected chi connectivity index (χ3v) is 6.95. The number of aliphatic hydroxyl groups is 2. The number of carbonyl (C=O) groups is 1. The highest BCUT2D eigenvalue weighted by Crippen LogP contribution is 2.32. The number of thioether (sulfide) groups is 1. The van der Waals surface area contributed by atoms with Crippen molar-refractivity contribution in [2.24, 2.45) is 0 Å². The van der Waals surface area contributed by atoms with Crippen molar-refractivity contribution in [2.45, 2.75) is 63.6 Å². The molecule has 2 aromatic rings. The number of hydrogen-bond donors (Lipinski definition) is 3. The molecule has 0 spiro atoms. The van der Waals surface area contributed by atoms with E-state index in [0.717, 1.165) is 29.1 Å². The molecule has 1 fully saturated rings. The fraction of sp³-hybridized carbons (Fsp3) is 0.519. The molecule has 7 heteroatoms. The van der Waals surface area contributed by atoms with Crippen molar-refractivity contribution in [3.63, 3.8) is 0 Å². The standard InChI is InChI=1S/C27H37NO5S/c1-3-34-17-7-16-32-27(2)19-23(29)18-25(33-27)24(30)14-15-28-26(31)22-12-10-21(11-13-22)20-8-5-4-6-9-20/h4-6,8-13,23-25,29-30H,3,7,14-19H2,1-2H3,(H,28,31)/t23?,24?,25?,27-/m0/s1. The summed E-state index contributed by atoms with van der Waals surface area (Å²) in [6, 6.07) is 17.5. The third kappa shape index (κ3) is 8.10. The Balaban J connectivity index is 1.44. The number of benzene rings is 2. The molecule has 2 aromatic carbocycles. The zero-order valence-corrected chi connectivity index (χ0v) is 20.9. The molecule has 0 bridgehead atoms. The van der Waals surface area contributed by atoms with Crippen LogP contribution >= 0.6 is 11.8 Å². The van der Waals surface area contributed by atoms with E-state index >= 15 is 0 Å². The maximum atomic E-state index is 12.5. The third-order valence-electron chi connectivity index (χ3n) is 5.97. The smallest absolute Gasteiger partial charge is 0.251 e. The lowest BCUT2D eigenvalue weighted by molar-refractivity contribution is -0.298. The molecule has 0 saturated carbocycles. The molecule has 1 amide bonds. The van der Waals surface area contributed by atoms with Crippen LogP contribution in [0.2, 0.25) is 0 Å². The van der Waals surface area contributed by atoms with Crippen LogP contribution < -0.4 is 5.32 Å². The first kappa shape index (κ1) is 26.7. The Morgan fingerprint density at radius 2 is 1.91 bits per heavy atom. The number of carbonyl (C=O) groups excluding carboxylic acids is 1. The highest BCUT2D eigenvalue weighted by molar-refractivity contribution is 7.99. The molecule has 0 radical (unpaired) electrons. The molecular weight excluding hydrogens is 450 g/mol. The second kappa shape index (κ2) is 13.3. The molecular formula is C27H37NO5S. The number of aliphatic hydroxyl groups excluding tert-OH is 2. The van der Waals surface area contributed by atoms with Crippen LogP contribution in [0.15, 0.2) is 54.6 Å². The summed E-state index contributed by atoms with van der Waals surface area (Å²) in [7, 11) is 0. The van der Waals surface area contributed by atoms with Crippen LogP contribution in [0.1, 0.15) is 49.9 Å². The van der Waals surface area contributed by atoms with Gasteiger partial charge in [-0.25, -0.2) is 0 Å². The quantitative estimate of drug-likeness (QED) is 0.388. The van der Waals surface area contributed by atoms with Gasteiger partial charge in [0.15, 0.2) is 5.79 Å². The average Bonchev–Trinajstić information content (AvgIpc) is 2.84. The van der Waals surface area contributed by atoms with Crippen LogP contribution in [0.4, 0.5) is 0 Å². The van der Waals surface area contributed by atoms with Gasteiger partial charge >= 0.3 is 0 Å². The second-order valence-electron chi connectivity index (χ2n) is 8.84. The normalized spacial score (nSPS) is 23.4. The van der Waals surface area contributed by atoms with E-state index in [1.807, 2.05) is 61.2 Å². The summed E-state index contributed by atoms with van der Waals surface area (Å²) in [6.07, 6.45) is 0.0254. The molecule has 6 nitrogen and oxygen atoms in total. The largest absolute Gasteiger partial charge is 0.393 e. The van der Waals surface area contributed by atoms with E-state index in [1.165, 1.54) is 0 Å². The van der Waals surface area contributed by atoms with Gasteiger partial charge in [-0.3, -0.25) is 4.79 Å². The first-order valence-electron chi connectivity index (χ1n) is 12.1. The number of ether oxygens (including phenoxy) is 2. The highest BCUT2D eigenvalue weighted by Gasteiger charge is 2.40. The van der Waals surface area contributed by atoms with Crippen LogP contribution in [0, 0.1) is 0 Å². The van der Waals surface area contributed by atoms with Crippen LogP contribution in [-0.4, -0.2) is 64.9 Å². The fourth-order valence-corrected chi connectivity index (χ4v) is 4.79. The average molecular weight is 488 g/mol. The van der Waals surface area contributed by atoms with Crippen molar-refractivity contribution >= 4 is 17.7 Å².